The Hall–Kier alpha value is -3.16. The number of hydrogen-bond donors (Lipinski definition) is 1. The van der Waals surface area contributed by atoms with Crippen LogP contribution in [-0.4, -0.2) is 27.9 Å². The minimum atomic E-state index is -0.822. The second kappa shape index (κ2) is 6.15. The lowest BCUT2D eigenvalue weighted by Crippen LogP contribution is -2.07. The van der Waals surface area contributed by atoms with Gasteiger partial charge in [-0.05, 0) is 31.5 Å². The Morgan fingerprint density at radius 2 is 2.12 bits per heavy atom. The first kappa shape index (κ1) is 15.7. The van der Waals surface area contributed by atoms with Crippen molar-refractivity contribution in [1.82, 2.24) is 14.6 Å². The van der Waals surface area contributed by atoms with E-state index in [1.54, 1.807) is 32.2 Å². The lowest BCUT2D eigenvalue weighted by Gasteiger charge is -2.08. The Bertz CT molecular complexity index is 923. The fourth-order valence-corrected chi connectivity index (χ4v) is 2.27. The molecule has 0 radical (unpaired) electrons. The highest BCUT2D eigenvalue weighted by molar-refractivity contribution is 5.79. The zero-order valence-electron chi connectivity index (χ0n) is 13.3. The highest BCUT2D eigenvalue weighted by Gasteiger charge is 2.16. The van der Waals surface area contributed by atoms with Gasteiger partial charge in [0, 0.05) is 11.3 Å². The van der Waals surface area contributed by atoms with Crippen molar-refractivity contribution in [2.75, 3.05) is 12.4 Å². The van der Waals surface area contributed by atoms with E-state index in [0.717, 1.165) is 0 Å². The van der Waals surface area contributed by atoms with Crippen LogP contribution in [0, 0.1) is 19.7 Å². The molecule has 1 N–H and O–H groups in total. The van der Waals surface area contributed by atoms with Crippen LogP contribution in [0.3, 0.4) is 0 Å². The molecule has 0 amide bonds. The number of halogens is 1. The van der Waals surface area contributed by atoms with Crippen molar-refractivity contribution in [3.8, 4) is 5.75 Å². The van der Waals surface area contributed by atoms with Gasteiger partial charge in [-0.3, -0.25) is 0 Å². The smallest absolute Gasteiger partial charge is 0.437 e. The predicted octanol–water partition coefficient (Wildman–Crippen LogP) is 3.37. The van der Waals surface area contributed by atoms with Gasteiger partial charge in [-0.15, -0.1) is 0 Å². The van der Waals surface area contributed by atoms with Crippen molar-refractivity contribution in [2.45, 2.75) is 13.8 Å². The van der Waals surface area contributed by atoms with Gasteiger partial charge in [0.05, 0.1) is 13.3 Å². The molecule has 0 spiro atoms. The van der Waals surface area contributed by atoms with E-state index in [1.807, 2.05) is 0 Å². The van der Waals surface area contributed by atoms with Crippen LogP contribution in [0.4, 0.5) is 20.7 Å². The summed E-state index contributed by atoms with van der Waals surface area (Å²) in [6.45, 7) is 3.45. The summed E-state index contributed by atoms with van der Waals surface area (Å²) in [6, 6.07) is 4.81. The molecule has 0 saturated heterocycles. The van der Waals surface area contributed by atoms with Crippen LogP contribution >= 0.6 is 0 Å². The van der Waals surface area contributed by atoms with Crippen LogP contribution in [-0.2, 0) is 4.74 Å². The van der Waals surface area contributed by atoms with Crippen LogP contribution in [0.2, 0.25) is 0 Å². The van der Waals surface area contributed by atoms with Crippen molar-refractivity contribution < 1.29 is 18.7 Å². The molecule has 0 atom stereocenters. The number of carbonyl (C=O) groups excluding carboxylic acids is 1. The molecule has 0 fully saturated rings. The van der Waals surface area contributed by atoms with Crippen LogP contribution < -0.4 is 10.1 Å². The van der Waals surface area contributed by atoms with Gasteiger partial charge in [-0.25, -0.2) is 18.7 Å². The standard InChI is InChI=1S/C16H15FN4O3/c1-9-4-5-11(6-12(9)17)20-15-14-10(2)13(24-16(22)23-3)7-21(14)19-8-18-15/h4-8H,1-3H3,(H,18,19,20). The molecule has 8 heteroatoms. The average molecular weight is 330 g/mol. The molecule has 3 rings (SSSR count). The zero-order chi connectivity index (χ0) is 17.3. The third-order valence-corrected chi connectivity index (χ3v) is 3.58. The Balaban J connectivity index is 2.01. The van der Waals surface area contributed by atoms with Gasteiger partial charge in [0.25, 0.3) is 0 Å². The van der Waals surface area contributed by atoms with Gasteiger partial charge >= 0.3 is 6.16 Å². The molecule has 1 aromatic carbocycles. The largest absolute Gasteiger partial charge is 0.513 e. The molecule has 0 aliphatic carbocycles. The number of nitrogens with zero attached hydrogens (tertiary/aromatic N) is 3. The number of nitrogens with one attached hydrogen (secondary N) is 1. The van der Waals surface area contributed by atoms with Gasteiger partial charge in [-0.1, -0.05) is 6.07 Å². The van der Waals surface area contributed by atoms with Gasteiger partial charge < -0.3 is 14.8 Å². The van der Waals surface area contributed by atoms with E-state index < -0.39 is 6.16 Å². The van der Waals surface area contributed by atoms with E-state index in [1.165, 1.54) is 24.0 Å². The molecule has 124 valence electrons. The molecule has 2 aromatic heterocycles. The lowest BCUT2D eigenvalue weighted by atomic mass is 10.2. The summed E-state index contributed by atoms with van der Waals surface area (Å²) in [7, 11) is 1.23. The second-order valence-corrected chi connectivity index (χ2v) is 5.17. The Labute approximate surface area is 137 Å². The summed E-state index contributed by atoms with van der Waals surface area (Å²) in [4.78, 5) is 15.5. The second-order valence-electron chi connectivity index (χ2n) is 5.17. The molecule has 3 aromatic rings. The number of anilines is 2. The number of ether oxygens (including phenoxy) is 2. The number of rotatable bonds is 3. The van der Waals surface area contributed by atoms with E-state index in [9.17, 15) is 9.18 Å². The molecule has 7 nitrogen and oxygen atoms in total. The molecule has 24 heavy (non-hydrogen) atoms. The maximum Gasteiger partial charge on any atom is 0.513 e. The molecule has 2 heterocycles. The van der Waals surface area contributed by atoms with E-state index in [0.29, 0.717) is 33.9 Å². The highest BCUT2D eigenvalue weighted by Crippen LogP contribution is 2.30. The Morgan fingerprint density at radius 1 is 1.33 bits per heavy atom. The third-order valence-electron chi connectivity index (χ3n) is 3.58. The van der Waals surface area contributed by atoms with Crippen LogP contribution in [0.15, 0.2) is 30.7 Å². The molecule has 0 bridgehead atoms. The number of aromatic nitrogens is 3. The minimum absolute atomic E-state index is 0.306. The lowest BCUT2D eigenvalue weighted by molar-refractivity contribution is 0.121. The topological polar surface area (TPSA) is 77.8 Å². The maximum absolute atomic E-state index is 13.7. The van der Waals surface area contributed by atoms with Gasteiger partial charge in [0.1, 0.15) is 17.7 Å². The normalized spacial score (nSPS) is 10.7. The Morgan fingerprint density at radius 3 is 2.83 bits per heavy atom. The fraction of sp³-hybridized carbons (Fsp3) is 0.188. The first-order valence-electron chi connectivity index (χ1n) is 7.11. The maximum atomic E-state index is 13.7. The quantitative estimate of drug-likeness (QED) is 0.742. The fourth-order valence-electron chi connectivity index (χ4n) is 2.27. The molecular weight excluding hydrogens is 315 g/mol. The zero-order valence-corrected chi connectivity index (χ0v) is 13.3. The minimum Gasteiger partial charge on any atom is -0.437 e. The van der Waals surface area contributed by atoms with Crippen LogP contribution in [0.1, 0.15) is 11.1 Å². The van der Waals surface area contributed by atoms with Gasteiger partial charge in [-0.2, -0.15) is 5.10 Å². The van der Waals surface area contributed by atoms with Gasteiger partial charge in [0.15, 0.2) is 11.6 Å². The van der Waals surface area contributed by atoms with Crippen molar-refractivity contribution in [2.24, 2.45) is 0 Å². The predicted molar refractivity (Wildman–Crippen MR) is 85.2 cm³/mol. The number of methoxy groups -OCH3 is 1. The number of hydrogen-bond acceptors (Lipinski definition) is 6. The van der Waals surface area contributed by atoms with Crippen LogP contribution in [0.5, 0.6) is 5.75 Å². The van der Waals surface area contributed by atoms with Crippen molar-refractivity contribution in [1.29, 1.82) is 0 Å². The van der Waals surface area contributed by atoms with Gasteiger partial charge in [0.2, 0.25) is 0 Å². The first-order chi connectivity index (χ1) is 11.5. The molecule has 0 aliphatic rings. The summed E-state index contributed by atoms with van der Waals surface area (Å²) >= 11 is 0. The van der Waals surface area contributed by atoms with E-state index in [2.05, 4.69) is 20.1 Å². The van der Waals surface area contributed by atoms with Crippen molar-refractivity contribution in [3.63, 3.8) is 0 Å². The highest BCUT2D eigenvalue weighted by atomic mass is 19.1. The number of benzene rings is 1. The molecule has 0 saturated carbocycles. The molecular formula is C16H15FN4O3. The number of fused-ring (bicyclic) bond motifs is 1. The Kier molecular flexibility index (Phi) is 4.03. The van der Waals surface area contributed by atoms with Crippen molar-refractivity contribution in [3.05, 3.63) is 47.7 Å². The summed E-state index contributed by atoms with van der Waals surface area (Å²) in [6.07, 6.45) is 2.07. The first-order valence-corrected chi connectivity index (χ1v) is 7.11. The summed E-state index contributed by atoms with van der Waals surface area (Å²) in [5.41, 5.74) is 2.37. The molecule has 0 unspecified atom stereocenters. The average Bonchev–Trinajstić information content (AvgIpc) is 2.88. The van der Waals surface area contributed by atoms with Crippen molar-refractivity contribution >= 4 is 23.2 Å². The summed E-state index contributed by atoms with van der Waals surface area (Å²) in [5, 5.41) is 7.14. The van der Waals surface area contributed by atoms with Crippen LogP contribution in [0.25, 0.3) is 5.52 Å². The van der Waals surface area contributed by atoms with E-state index in [4.69, 9.17) is 4.74 Å². The monoisotopic (exact) mass is 330 g/mol. The summed E-state index contributed by atoms with van der Waals surface area (Å²) in [5.74, 6) is 0.456. The summed E-state index contributed by atoms with van der Waals surface area (Å²) < 4.78 is 24.8. The third kappa shape index (κ3) is 2.85. The number of carbonyl (C=O) groups is 1. The number of aryl methyl sites for hydroxylation is 2. The van der Waals surface area contributed by atoms with E-state index >= 15 is 0 Å². The van der Waals surface area contributed by atoms with E-state index in [-0.39, 0.29) is 5.82 Å². The SMILES string of the molecule is COC(=O)Oc1cn2ncnc(Nc3ccc(C)c(F)c3)c2c1C. The molecule has 0 aliphatic heterocycles.